The topological polar surface area (TPSA) is 75.4 Å². The van der Waals surface area contributed by atoms with Crippen LogP contribution >= 0.6 is 11.6 Å². The summed E-state index contributed by atoms with van der Waals surface area (Å²) in [5, 5.41) is 22.1. The molecular formula is C14H10ClF3N2O3. The van der Waals surface area contributed by atoms with Crippen molar-refractivity contribution in [3.05, 3.63) is 62.7 Å². The average Bonchev–Trinajstić information content (AvgIpc) is 2.45. The van der Waals surface area contributed by atoms with Gasteiger partial charge in [0.2, 0.25) is 0 Å². The van der Waals surface area contributed by atoms with Crippen molar-refractivity contribution in [3.63, 3.8) is 0 Å². The highest BCUT2D eigenvalue weighted by Gasteiger charge is 2.36. The van der Waals surface area contributed by atoms with E-state index in [0.29, 0.717) is 17.3 Å². The van der Waals surface area contributed by atoms with E-state index in [2.05, 4.69) is 5.32 Å². The summed E-state index contributed by atoms with van der Waals surface area (Å²) in [6.07, 6.45) is -4.79. The predicted molar refractivity (Wildman–Crippen MR) is 78.8 cm³/mol. The second-order valence-corrected chi connectivity index (χ2v) is 4.99. The van der Waals surface area contributed by atoms with Crippen LogP contribution in [0, 0.1) is 10.1 Å². The van der Waals surface area contributed by atoms with Gasteiger partial charge in [0.05, 0.1) is 22.1 Å². The number of halogens is 4. The fourth-order valence-electron chi connectivity index (χ4n) is 1.93. The lowest BCUT2D eigenvalue weighted by molar-refractivity contribution is -0.384. The van der Waals surface area contributed by atoms with Gasteiger partial charge >= 0.3 is 6.18 Å². The molecule has 0 spiro atoms. The number of nitro groups is 1. The Bertz CT molecular complexity index is 751. The zero-order chi connectivity index (χ0) is 17.2. The smallest absolute Gasteiger partial charge is 0.392 e. The molecule has 2 rings (SSSR count). The first-order valence-electron chi connectivity index (χ1n) is 6.24. The van der Waals surface area contributed by atoms with Gasteiger partial charge in [-0.2, -0.15) is 13.2 Å². The van der Waals surface area contributed by atoms with Gasteiger partial charge in [-0.15, -0.1) is 0 Å². The molecule has 2 aromatic rings. The van der Waals surface area contributed by atoms with Gasteiger partial charge in [-0.25, -0.2) is 0 Å². The van der Waals surface area contributed by atoms with Crippen LogP contribution in [0.3, 0.4) is 0 Å². The minimum absolute atomic E-state index is 0.178. The molecule has 2 aromatic carbocycles. The van der Waals surface area contributed by atoms with E-state index < -0.39 is 27.4 Å². The van der Waals surface area contributed by atoms with Gasteiger partial charge in [-0.3, -0.25) is 10.1 Å². The van der Waals surface area contributed by atoms with Crippen molar-refractivity contribution < 1.29 is 23.2 Å². The van der Waals surface area contributed by atoms with Gasteiger partial charge in [0, 0.05) is 11.8 Å². The van der Waals surface area contributed by atoms with E-state index in [0.717, 1.165) is 6.07 Å². The van der Waals surface area contributed by atoms with Crippen molar-refractivity contribution in [2.75, 3.05) is 5.32 Å². The Labute approximate surface area is 133 Å². The van der Waals surface area contributed by atoms with Crippen LogP contribution in [0.25, 0.3) is 0 Å². The number of nitrogens with one attached hydrogen (secondary N) is 1. The summed E-state index contributed by atoms with van der Waals surface area (Å²) in [5.41, 5.74) is -1.30. The highest BCUT2D eigenvalue weighted by atomic mass is 35.5. The molecule has 0 heterocycles. The highest BCUT2D eigenvalue weighted by molar-refractivity contribution is 6.31. The van der Waals surface area contributed by atoms with Crippen LogP contribution in [-0.4, -0.2) is 10.0 Å². The van der Waals surface area contributed by atoms with Gasteiger partial charge in [-0.05, 0) is 23.8 Å². The number of alkyl halides is 3. The summed E-state index contributed by atoms with van der Waals surface area (Å²) < 4.78 is 38.4. The molecule has 0 aromatic heterocycles. The second-order valence-electron chi connectivity index (χ2n) is 4.59. The van der Waals surface area contributed by atoms with E-state index in [1.54, 1.807) is 18.2 Å². The molecule has 0 aliphatic carbocycles. The minimum atomic E-state index is -4.79. The SMILES string of the molecule is O=[N+]([O-])c1cc(C(F)(F)F)c(Cl)cc1Nc1cccc(CO)c1. The van der Waals surface area contributed by atoms with E-state index >= 15 is 0 Å². The molecule has 0 aliphatic rings. The Hall–Kier alpha value is -2.32. The second kappa shape index (κ2) is 6.43. The maximum atomic E-state index is 12.8. The number of anilines is 2. The van der Waals surface area contributed by atoms with Crippen LogP contribution in [0.1, 0.15) is 11.1 Å². The molecule has 0 aliphatic heterocycles. The fraction of sp³-hybridized carbons (Fsp3) is 0.143. The largest absolute Gasteiger partial charge is 0.418 e. The first kappa shape index (κ1) is 17.0. The lowest BCUT2D eigenvalue weighted by Gasteiger charge is -2.13. The van der Waals surface area contributed by atoms with Crippen molar-refractivity contribution in [2.45, 2.75) is 12.8 Å². The quantitative estimate of drug-likeness (QED) is 0.631. The van der Waals surface area contributed by atoms with E-state index in [1.165, 1.54) is 6.07 Å². The standard InChI is InChI=1S/C14H10ClF3N2O3/c15-11-6-12(19-9-3-1-2-8(4-9)7-21)13(20(22)23)5-10(11)14(16,17)18/h1-6,19,21H,7H2. The Kier molecular flexibility index (Phi) is 4.76. The number of hydrogen-bond donors (Lipinski definition) is 2. The maximum Gasteiger partial charge on any atom is 0.418 e. The Balaban J connectivity index is 2.49. The van der Waals surface area contributed by atoms with Crippen LogP contribution in [0.5, 0.6) is 0 Å². The number of hydrogen-bond acceptors (Lipinski definition) is 4. The average molecular weight is 347 g/mol. The summed E-state index contributed by atoms with van der Waals surface area (Å²) in [5.74, 6) is 0. The van der Waals surface area contributed by atoms with Gasteiger partial charge in [-0.1, -0.05) is 23.7 Å². The van der Waals surface area contributed by atoms with E-state index in [-0.39, 0.29) is 12.3 Å². The zero-order valence-corrected chi connectivity index (χ0v) is 12.1. The number of nitro benzene ring substituents is 1. The molecule has 5 nitrogen and oxygen atoms in total. The number of nitrogens with zero attached hydrogens (tertiary/aromatic N) is 1. The molecule has 9 heteroatoms. The van der Waals surface area contributed by atoms with Gasteiger partial charge in [0.1, 0.15) is 5.69 Å². The number of aliphatic hydroxyl groups is 1. The summed E-state index contributed by atoms with van der Waals surface area (Å²) in [6, 6.07) is 7.52. The van der Waals surface area contributed by atoms with Gasteiger partial charge in [0.15, 0.2) is 0 Å². The molecule has 23 heavy (non-hydrogen) atoms. The normalized spacial score (nSPS) is 11.3. The molecule has 0 atom stereocenters. The third-order valence-electron chi connectivity index (χ3n) is 2.98. The van der Waals surface area contributed by atoms with Crippen LogP contribution in [-0.2, 0) is 12.8 Å². The maximum absolute atomic E-state index is 12.8. The molecule has 0 saturated heterocycles. The van der Waals surface area contributed by atoms with Crippen molar-refractivity contribution in [1.29, 1.82) is 0 Å². The molecular weight excluding hydrogens is 337 g/mol. The molecule has 2 N–H and O–H groups in total. The lowest BCUT2D eigenvalue weighted by atomic mass is 10.1. The fourth-order valence-corrected chi connectivity index (χ4v) is 2.20. The van der Waals surface area contributed by atoms with E-state index in [9.17, 15) is 23.3 Å². The number of benzene rings is 2. The molecule has 0 unspecified atom stereocenters. The Morgan fingerprint density at radius 2 is 1.96 bits per heavy atom. The summed E-state index contributed by atoms with van der Waals surface area (Å²) in [4.78, 5) is 10.1. The van der Waals surface area contributed by atoms with Gasteiger partial charge in [0.25, 0.3) is 5.69 Å². The Morgan fingerprint density at radius 3 is 2.52 bits per heavy atom. The summed E-state index contributed by atoms with van der Waals surface area (Å²) in [7, 11) is 0. The van der Waals surface area contributed by atoms with Crippen molar-refractivity contribution in [2.24, 2.45) is 0 Å². The van der Waals surface area contributed by atoms with Crippen molar-refractivity contribution in [3.8, 4) is 0 Å². The van der Waals surface area contributed by atoms with Gasteiger partial charge < -0.3 is 10.4 Å². The molecule has 122 valence electrons. The first-order valence-corrected chi connectivity index (χ1v) is 6.62. The third-order valence-corrected chi connectivity index (χ3v) is 3.29. The van der Waals surface area contributed by atoms with Crippen LogP contribution < -0.4 is 5.32 Å². The minimum Gasteiger partial charge on any atom is -0.392 e. The Morgan fingerprint density at radius 1 is 1.26 bits per heavy atom. The molecule has 0 amide bonds. The van der Waals surface area contributed by atoms with E-state index in [1.807, 2.05) is 0 Å². The summed E-state index contributed by atoms with van der Waals surface area (Å²) >= 11 is 5.59. The first-order chi connectivity index (χ1) is 10.7. The van der Waals surface area contributed by atoms with Crippen LogP contribution in [0.2, 0.25) is 5.02 Å². The van der Waals surface area contributed by atoms with Crippen molar-refractivity contribution in [1.82, 2.24) is 0 Å². The van der Waals surface area contributed by atoms with Crippen LogP contribution in [0.4, 0.5) is 30.2 Å². The molecule has 0 bridgehead atoms. The van der Waals surface area contributed by atoms with Crippen molar-refractivity contribution >= 4 is 28.7 Å². The summed E-state index contributed by atoms with van der Waals surface area (Å²) in [6.45, 7) is -0.245. The number of aliphatic hydroxyl groups excluding tert-OH is 1. The third kappa shape index (κ3) is 3.91. The molecule has 0 fully saturated rings. The number of rotatable bonds is 4. The molecule has 0 radical (unpaired) electrons. The monoisotopic (exact) mass is 346 g/mol. The van der Waals surface area contributed by atoms with Crippen LogP contribution in [0.15, 0.2) is 36.4 Å². The predicted octanol–water partition coefficient (Wildman–Crippen LogP) is 4.50. The molecule has 0 saturated carbocycles. The lowest BCUT2D eigenvalue weighted by Crippen LogP contribution is -2.08. The highest BCUT2D eigenvalue weighted by Crippen LogP contribution is 2.41. The van der Waals surface area contributed by atoms with E-state index in [4.69, 9.17) is 16.7 Å². The zero-order valence-electron chi connectivity index (χ0n) is 11.4.